The second-order valence-corrected chi connectivity index (χ2v) is 5.70. The van der Waals surface area contributed by atoms with Crippen LogP contribution in [0.5, 0.6) is 0 Å². The van der Waals surface area contributed by atoms with E-state index in [1.165, 1.54) is 17.8 Å². The van der Waals surface area contributed by atoms with Gasteiger partial charge in [0.25, 0.3) is 0 Å². The van der Waals surface area contributed by atoms with Crippen LogP contribution in [-0.2, 0) is 4.79 Å². The van der Waals surface area contributed by atoms with Crippen LogP contribution in [0.4, 0.5) is 10.5 Å². The molecule has 1 unspecified atom stereocenters. The second kappa shape index (κ2) is 7.75. The number of nitrogens with two attached hydrogens (primary N) is 1. The molecule has 1 atom stereocenters. The number of hydrogen-bond donors (Lipinski definition) is 4. The third kappa shape index (κ3) is 4.74. The highest BCUT2D eigenvalue weighted by molar-refractivity contribution is 7.98. The quantitative estimate of drug-likeness (QED) is 0.601. The molecule has 0 aliphatic carbocycles. The van der Waals surface area contributed by atoms with Gasteiger partial charge in [-0.1, -0.05) is 0 Å². The zero-order valence-electron chi connectivity index (χ0n) is 10.7. The van der Waals surface area contributed by atoms with E-state index in [0.717, 1.165) is 11.3 Å². The number of rotatable bonds is 7. The summed E-state index contributed by atoms with van der Waals surface area (Å²) in [6.45, 7) is 0. The zero-order valence-corrected chi connectivity index (χ0v) is 12.3. The Bertz CT molecular complexity index is 504. The van der Waals surface area contributed by atoms with Gasteiger partial charge in [-0.25, -0.2) is 9.59 Å². The van der Waals surface area contributed by atoms with E-state index < -0.39 is 23.9 Å². The second-order valence-electron chi connectivity index (χ2n) is 3.80. The Balaban J connectivity index is 2.76. The van der Waals surface area contributed by atoms with Crippen molar-refractivity contribution in [3.8, 4) is 0 Å². The molecule has 0 saturated carbocycles. The van der Waals surface area contributed by atoms with E-state index >= 15 is 0 Å². The van der Waals surface area contributed by atoms with Crippen molar-refractivity contribution in [1.82, 2.24) is 5.32 Å². The number of hydrogen-bond acceptors (Lipinski definition) is 5. The smallest absolute Gasteiger partial charge is 0.348 e. The summed E-state index contributed by atoms with van der Waals surface area (Å²) in [4.78, 5) is 33.9. The Morgan fingerprint density at radius 2 is 2.20 bits per heavy atom. The molecule has 0 saturated heterocycles. The highest BCUT2D eigenvalue weighted by Gasteiger charge is 2.22. The Labute approximate surface area is 123 Å². The van der Waals surface area contributed by atoms with Crippen molar-refractivity contribution in [2.24, 2.45) is 5.73 Å². The molecule has 0 spiro atoms. The largest absolute Gasteiger partial charge is 0.477 e. The molecule has 1 rings (SSSR count). The summed E-state index contributed by atoms with van der Waals surface area (Å²) in [5, 5.41) is 15.4. The summed E-state index contributed by atoms with van der Waals surface area (Å²) in [5.74, 6) is -0.939. The number of carbonyl (C=O) groups excluding carboxylic acids is 2. The maximum Gasteiger partial charge on any atom is 0.348 e. The first-order chi connectivity index (χ1) is 9.45. The third-order valence-electron chi connectivity index (χ3n) is 2.36. The molecule has 3 amide bonds. The SMILES string of the molecule is CSCCC(NC(N)=O)C(=O)Nc1ccsc1C(=O)O. The lowest BCUT2D eigenvalue weighted by Crippen LogP contribution is -2.46. The van der Waals surface area contributed by atoms with Gasteiger partial charge in [-0.2, -0.15) is 11.8 Å². The molecule has 0 aromatic carbocycles. The van der Waals surface area contributed by atoms with Crippen LogP contribution < -0.4 is 16.4 Å². The molecule has 1 aromatic rings. The number of urea groups is 1. The lowest BCUT2D eigenvalue weighted by Gasteiger charge is -2.16. The summed E-state index contributed by atoms with van der Waals surface area (Å²) >= 11 is 2.54. The van der Waals surface area contributed by atoms with Gasteiger partial charge in [-0.15, -0.1) is 11.3 Å². The van der Waals surface area contributed by atoms with Gasteiger partial charge in [0.05, 0.1) is 5.69 Å². The number of thioether (sulfide) groups is 1. The van der Waals surface area contributed by atoms with Gasteiger partial charge in [-0.3, -0.25) is 4.79 Å². The topological polar surface area (TPSA) is 122 Å². The van der Waals surface area contributed by atoms with Crippen molar-refractivity contribution in [3.05, 3.63) is 16.3 Å². The summed E-state index contributed by atoms with van der Waals surface area (Å²) in [5.41, 5.74) is 5.24. The normalized spacial score (nSPS) is 11.7. The van der Waals surface area contributed by atoms with Crippen LogP contribution in [0.1, 0.15) is 16.1 Å². The average Bonchev–Trinajstić information content (AvgIpc) is 2.82. The van der Waals surface area contributed by atoms with Crippen molar-refractivity contribution in [3.63, 3.8) is 0 Å². The van der Waals surface area contributed by atoms with Crippen molar-refractivity contribution in [1.29, 1.82) is 0 Å². The predicted molar refractivity (Wildman–Crippen MR) is 79.4 cm³/mol. The summed E-state index contributed by atoms with van der Waals surface area (Å²) in [7, 11) is 0. The molecule has 0 aliphatic heterocycles. The molecule has 20 heavy (non-hydrogen) atoms. The van der Waals surface area contributed by atoms with Gasteiger partial charge in [0.1, 0.15) is 10.9 Å². The Kier molecular flexibility index (Phi) is 6.32. The number of carboxylic acid groups (broad SMARTS) is 1. The fourth-order valence-electron chi connectivity index (χ4n) is 1.47. The molecular formula is C11H15N3O4S2. The lowest BCUT2D eigenvalue weighted by atomic mass is 10.2. The lowest BCUT2D eigenvalue weighted by molar-refractivity contribution is -0.117. The minimum Gasteiger partial charge on any atom is -0.477 e. The minimum atomic E-state index is -1.11. The molecule has 0 radical (unpaired) electrons. The van der Waals surface area contributed by atoms with Gasteiger partial charge in [0.2, 0.25) is 5.91 Å². The van der Waals surface area contributed by atoms with Crippen LogP contribution in [0.2, 0.25) is 0 Å². The van der Waals surface area contributed by atoms with E-state index in [9.17, 15) is 14.4 Å². The number of thiophene rings is 1. The van der Waals surface area contributed by atoms with Gasteiger partial charge in [0.15, 0.2) is 0 Å². The van der Waals surface area contributed by atoms with Crippen LogP contribution in [0, 0.1) is 0 Å². The van der Waals surface area contributed by atoms with Crippen LogP contribution in [0.15, 0.2) is 11.4 Å². The average molecular weight is 317 g/mol. The molecule has 0 aliphatic rings. The van der Waals surface area contributed by atoms with Crippen LogP contribution in [-0.4, -0.2) is 41.1 Å². The highest BCUT2D eigenvalue weighted by Crippen LogP contribution is 2.22. The van der Waals surface area contributed by atoms with E-state index in [1.807, 2.05) is 6.26 Å². The van der Waals surface area contributed by atoms with E-state index in [2.05, 4.69) is 10.6 Å². The van der Waals surface area contributed by atoms with Crippen LogP contribution >= 0.6 is 23.1 Å². The molecule has 9 heteroatoms. The highest BCUT2D eigenvalue weighted by atomic mass is 32.2. The maximum atomic E-state index is 12.0. The van der Waals surface area contributed by atoms with Crippen LogP contribution in [0.3, 0.4) is 0 Å². The first kappa shape index (κ1) is 16.3. The molecule has 7 nitrogen and oxygen atoms in total. The van der Waals surface area contributed by atoms with E-state index in [0.29, 0.717) is 12.2 Å². The van der Waals surface area contributed by atoms with Crippen LogP contribution in [0.25, 0.3) is 0 Å². The molecule has 0 bridgehead atoms. The summed E-state index contributed by atoms with van der Waals surface area (Å²) in [6.07, 6.45) is 2.28. The Morgan fingerprint density at radius 3 is 2.75 bits per heavy atom. The molecular weight excluding hydrogens is 302 g/mol. The predicted octanol–water partition coefficient (Wildman–Crippen LogP) is 1.17. The number of nitrogens with one attached hydrogen (secondary N) is 2. The fraction of sp³-hybridized carbons (Fsp3) is 0.364. The van der Waals surface area contributed by atoms with Gasteiger partial charge >= 0.3 is 12.0 Å². The number of anilines is 1. The molecule has 110 valence electrons. The molecule has 5 N–H and O–H groups in total. The van der Waals surface area contributed by atoms with Gasteiger partial charge in [-0.05, 0) is 29.9 Å². The number of primary amides is 1. The standard InChI is InChI=1S/C11H15N3O4S2/c1-19-4-2-7(14-11(12)18)9(15)13-6-3-5-20-8(6)10(16)17/h3,5,7H,2,4H2,1H3,(H,13,15)(H,16,17)(H3,12,14,18). The molecule has 1 aromatic heterocycles. The molecule has 1 heterocycles. The fourth-order valence-corrected chi connectivity index (χ4v) is 2.63. The van der Waals surface area contributed by atoms with Gasteiger partial charge < -0.3 is 21.5 Å². The van der Waals surface area contributed by atoms with Crippen molar-refractivity contribution in [2.45, 2.75) is 12.5 Å². The van der Waals surface area contributed by atoms with Crippen molar-refractivity contribution in [2.75, 3.05) is 17.3 Å². The Morgan fingerprint density at radius 1 is 1.50 bits per heavy atom. The van der Waals surface area contributed by atoms with Crippen molar-refractivity contribution >= 4 is 46.7 Å². The molecule has 0 fully saturated rings. The summed E-state index contributed by atoms with van der Waals surface area (Å²) < 4.78 is 0. The Hall–Kier alpha value is -1.74. The zero-order chi connectivity index (χ0) is 15.1. The third-order valence-corrected chi connectivity index (χ3v) is 3.91. The number of carboxylic acids is 1. The first-order valence-corrected chi connectivity index (χ1v) is 7.89. The monoisotopic (exact) mass is 317 g/mol. The number of carbonyl (C=O) groups is 3. The number of aromatic carboxylic acids is 1. The van der Waals surface area contributed by atoms with E-state index in [4.69, 9.17) is 10.8 Å². The maximum absolute atomic E-state index is 12.0. The van der Waals surface area contributed by atoms with Gasteiger partial charge in [0, 0.05) is 0 Å². The van der Waals surface area contributed by atoms with Crippen molar-refractivity contribution < 1.29 is 19.5 Å². The first-order valence-electron chi connectivity index (χ1n) is 5.62. The number of amides is 3. The van der Waals surface area contributed by atoms with E-state index in [1.54, 1.807) is 5.38 Å². The summed E-state index contributed by atoms with van der Waals surface area (Å²) in [6, 6.07) is -0.0846. The van der Waals surface area contributed by atoms with E-state index in [-0.39, 0.29) is 10.6 Å². The minimum absolute atomic E-state index is 0.0426.